The molecule has 2 aliphatic rings. The third-order valence-corrected chi connectivity index (χ3v) is 4.20. The molecule has 2 unspecified atom stereocenters. The molecule has 1 fully saturated rings. The van der Waals surface area contributed by atoms with Crippen LogP contribution >= 0.6 is 12.6 Å². The summed E-state index contributed by atoms with van der Waals surface area (Å²) in [7, 11) is 0. The maximum absolute atomic E-state index is 4.42. The van der Waals surface area contributed by atoms with Crippen molar-refractivity contribution in [3.05, 3.63) is 29.3 Å². The van der Waals surface area contributed by atoms with Crippen molar-refractivity contribution in [3.8, 4) is 0 Å². The second kappa shape index (κ2) is 3.30. The van der Waals surface area contributed by atoms with Crippen molar-refractivity contribution in [2.45, 2.75) is 42.9 Å². The van der Waals surface area contributed by atoms with E-state index in [0.29, 0.717) is 0 Å². The quantitative estimate of drug-likeness (QED) is 0.610. The summed E-state index contributed by atoms with van der Waals surface area (Å²) in [6.07, 6.45) is 7.06. The Hall–Kier alpha value is -0.430. The summed E-state index contributed by atoms with van der Waals surface area (Å²) in [6.45, 7) is 0. The highest BCUT2D eigenvalue weighted by atomic mass is 32.1. The van der Waals surface area contributed by atoms with Crippen LogP contribution < -0.4 is 0 Å². The van der Waals surface area contributed by atoms with Crippen molar-refractivity contribution in [3.63, 3.8) is 0 Å². The third-order valence-electron chi connectivity index (χ3n) is 3.92. The fraction of sp³-hybridized carbons (Fsp3) is 0.538. The molecule has 1 saturated carbocycles. The van der Waals surface area contributed by atoms with Crippen molar-refractivity contribution in [1.29, 1.82) is 0 Å². The van der Waals surface area contributed by atoms with Gasteiger partial charge in [-0.25, -0.2) is 0 Å². The van der Waals surface area contributed by atoms with E-state index in [1.807, 2.05) is 0 Å². The number of thiol groups is 1. The van der Waals surface area contributed by atoms with Crippen LogP contribution in [0.3, 0.4) is 0 Å². The van der Waals surface area contributed by atoms with E-state index >= 15 is 0 Å². The molecule has 0 saturated heterocycles. The minimum atomic E-state index is 0.882. The smallest absolute Gasteiger partial charge is 0.00429 e. The average molecular weight is 204 g/mol. The fourth-order valence-electron chi connectivity index (χ4n) is 3.27. The molecule has 1 aromatic rings. The highest BCUT2D eigenvalue weighted by molar-refractivity contribution is 7.80. The number of hydrogen-bond donors (Lipinski definition) is 1. The second-order valence-corrected chi connectivity index (χ2v) is 5.25. The van der Waals surface area contributed by atoms with Gasteiger partial charge in [-0.05, 0) is 54.4 Å². The Morgan fingerprint density at radius 2 is 2.00 bits per heavy atom. The summed E-state index contributed by atoms with van der Waals surface area (Å²) in [5.41, 5.74) is 3.21. The van der Waals surface area contributed by atoms with Gasteiger partial charge in [-0.15, -0.1) is 12.6 Å². The maximum atomic E-state index is 4.42. The molecule has 0 bridgehead atoms. The molecule has 1 heteroatoms. The molecular weight excluding hydrogens is 188 g/mol. The Labute approximate surface area is 91.1 Å². The van der Waals surface area contributed by atoms with Crippen LogP contribution in [0.5, 0.6) is 0 Å². The number of rotatable bonds is 0. The third kappa shape index (κ3) is 1.30. The molecule has 0 heterocycles. The van der Waals surface area contributed by atoms with Gasteiger partial charge in [0.15, 0.2) is 0 Å². The minimum Gasteiger partial charge on any atom is -0.143 e. The number of fused-ring (bicyclic) bond motifs is 3. The number of hydrogen-bond acceptors (Lipinski definition) is 1. The van der Waals surface area contributed by atoms with Gasteiger partial charge in [0.05, 0.1) is 0 Å². The largest absolute Gasteiger partial charge is 0.143 e. The number of benzene rings is 1. The summed E-state index contributed by atoms with van der Waals surface area (Å²) in [5, 5.41) is 0. The van der Waals surface area contributed by atoms with E-state index in [1.165, 1.54) is 32.1 Å². The van der Waals surface area contributed by atoms with E-state index in [4.69, 9.17) is 0 Å². The zero-order valence-corrected chi connectivity index (χ0v) is 9.26. The van der Waals surface area contributed by atoms with Crippen molar-refractivity contribution in [2.24, 2.45) is 5.92 Å². The molecule has 74 valence electrons. The first kappa shape index (κ1) is 8.84. The van der Waals surface area contributed by atoms with Crippen molar-refractivity contribution < 1.29 is 0 Å². The summed E-state index contributed by atoms with van der Waals surface area (Å²) in [4.78, 5) is 1.13. The molecule has 0 spiro atoms. The maximum Gasteiger partial charge on any atom is 0.00429 e. The van der Waals surface area contributed by atoms with Crippen molar-refractivity contribution >= 4 is 12.6 Å². The van der Waals surface area contributed by atoms with Crippen LogP contribution in [0, 0.1) is 5.92 Å². The van der Waals surface area contributed by atoms with Crippen LogP contribution in [0.15, 0.2) is 23.1 Å². The van der Waals surface area contributed by atoms with E-state index in [1.54, 1.807) is 11.1 Å². The zero-order valence-electron chi connectivity index (χ0n) is 8.37. The van der Waals surface area contributed by atoms with Crippen LogP contribution in [0.4, 0.5) is 0 Å². The Balaban J connectivity index is 2.01. The molecule has 0 aromatic heterocycles. The van der Waals surface area contributed by atoms with Gasteiger partial charge in [0, 0.05) is 4.90 Å². The molecular formula is C13H16S. The van der Waals surface area contributed by atoms with E-state index < -0.39 is 0 Å². The molecule has 0 nitrogen and oxygen atoms in total. The predicted octanol–water partition coefficient (Wildman–Crippen LogP) is 3.81. The van der Waals surface area contributed by atoms with Gasteiger partial charge in [0.2, 0.25) is 0 Å². The molecule has 2 aliphatic carbocycles. The SMILES string of the molecule is Sc1ccc2c(c1)CC1CCCCC21. The predicted molar refractivity (Wildman–Crippen MR) is 62.1 cm³/mol. The van der Waals surface area contributed by atoms with Crippen LogP contribution in [0.2, 0.25) is 0 Å². The Kier molecular flexibility index (Phi) is 2.09. The first-order valence-corrected chi connectivity index (χ1v) is 6.11. The van der Waals surface area contributed by atoms with Crippen molar-refractivity contribution in [2.75, 3.05) is 0 Å². The van der Waals surface area contributed by atoms with Gasteiger partial charge < -0.3 is 0 Å². The summed E-state index contributed by atoms with van der Waals surface area (Å²) >= 11 is 4.42. The molecule has 14 heavy (non-hydrogen) atoms. The van der Waals surface area contributed by atoms with E-state index in [0.717, 1.165) is 16.7 Å². The van der Waals surface area contributed by atoms with Crippen LogP contribution in [-0.4, -0.2) is 0 Å². The summed E-state index contributed by atoms with van der Waals surface area (Å²) in [6, 6.07) is 6.74. The Morgan fingerprint density at radius 1 is 1.14 bits per heavy atom. The Morgan fingerprint density at radius 3 is 2.93 bits per heavy atom. The van der Waals surface area contributed by atoms with Gasteiger partial charge in [-0.2, -0.15) is 0 Å². The average Bonchev–Trinajstić information content (AvgIpc) is 2.54. The van der Waals surface area contributed by atoms with E-state index in [-0.39, 0.29) is 0 Å². The highest BCUT2D eigenvalue weighted by Crippen LogP contribution is 2.46. The van der Waals surface area contributed by atoms with Gasteiger partial charge in [-0.3, -0.25) is 0 Å². The molecule has 1 aromatic carbocycles. The van der Waals surface area contributed by atoms with E-state index in [2.05, 4.69) is 30.8 Å². The lowest BCUT2D eigenvalue weighted by atomic mass is 9.80. The lowest BCUT2D eigenvalue weighted by molar-refractivity contribution is 0.330. The normalized spacial score (nSPS) is 29.8. The van der Waals surface area contributed by atoms with Crippen LogP contribution in [-0.2, 0) is 6.42 Å². The summed E-state index contributed by atoms with van der Waals surface area (Å²) in [5.74, 6) is 1.83. The second-order valence-electron chi connectivity index (χ2n) is 4.74. The first-order valence-electron chi connectivity index (χ1n) is 5.66. The van der Waals surface area contributed by atoms with Crippen molar-refractivity contribution in [1.82, 2.24) is 0 Å². The highest BCUT2D eigenvalue weighted by Gasteiger charge is 2.33. The standard InChI is InChI=1S/C13H16S/c14-11-5-6-13-10(8-11)7-9-3-1-2-4-12(9)13/h5-6,8-9,12,14H,1-4,7H2. The first-order chi connectivity index (χ1) is 6.84. The fourth-order valence-corrected chi connectivity index (χ4v) is 3.50. The van der Waals surface area contributed by atoms with Gasteiger partial charge in [0.25, 0.3) is 0 Å². The molecule has 0 amide bonds. The van der Waals surface area contributed by atoms with Gasteiger partial charge in [0.1, 0.15) is 0 Å². The lowest BCUT2D eigenvalue weighted by Gasteiger charge is -2.25. The van der Waals surface area contributed by atoms with Gasteiger partial charge in [-0.1, -0.05) is 18.9 Å². The minimum absolute atomic E-state index is 0.882. The zero-order chi connectivity index (χ0) is 9.54. The summed E-state index contributed by atoms with van der Waals surface area (Å²) < 4.78 is 0. The van der Waals surface area contributed by atoms with Gasteiger partial charge >= 0.3 is 0 Å². The lowest BCUT2D eigenvalue weighted by Crippen LogP contribution is -2.12. The topological polar surface area (TPSA) is 0 Å². The van der Waals surface area contributed by atoms with Crippen LogP contribution in [0.25, 0.3) is 0 Å². The molecule has 0 radical (unpaired) electrons. The molecule has 3 rings (SSSR count). The van der Waals surface area contributed by atoms with E-state index in [9.17, 15) is 0 Å². The molecule has 0 aliphatic heterocycles. The van der Waals surface area contributed by atoms with Crippen LogP contribution in [0.1, 0.15) is 42.7 Å². The molecule has 0 N–H and O–H groups in total. The Bertz CT molecular complexity index is 356. The monoisotopic (exact) mass is 204 g/mol. The molecule has 2 atom stereocenters.